The average molecular weight is 503 g/mol. The second-order valence-corrected chi connectivity index (χ2v) is 8.08. The summed E-state index contributed by atoms with van der Waals surface area (Å²) >= 11 is 0. The lowest BCUT2D eigenvalue weighted by molar-refractivity contribution is -0.222. The van der Waals surface area contributed by atoms with Crippen LogP contribution >= 0.6 is 0 Å². The summed E-state index contributed by atoms with van der Waals surface area (Å²) in [6.07, 6.45) is -5.39. The van der Waals surface area contributed by atoms with E-state index >= 15 is 0 Å². The summed E-state index contributed by atoms with van der Waals surface area (Å²) in [5, 5.41) is 0. The fraction of sp³-hybridized carbons (Fsp3) is 0.560. The van der Waals surface area contributed by atoms with Gasteiger partial charge in [-0.15, -0.1) is 0 Å². The van der Waals surface area contributed by atoms with Crippen LogP contribution in [0.4, 0.5) is 13.2 Å². The first kappa shape index (κ1) is 30.0. The molecule has 0 amide bonds. The van der Waals surface area contributed by atoms with Crippen molar-refractivity contribution in [3.63, 3.8) is 0 Å². The third kappa shape index (κ3) is 12.3. The van der Waals surface area contributed by atoms with Gasteiger partial charge in [0, 0.05) is 5.57 Å². The van der Waals surface area contributed by atoms with Crippen molar-refractivity contribution in [3.05, 3.63) is 42.0 Å². The van der Waals surface area contributed by atoms with E-state index < -0.39 is 54.7 Å². The molecular formula is C25H33F3O7. The zero-order valence-electron chi connectivity index (χ0n) is 20.3. The molecule has 0 spiro atoms. The number of unbranched alkanes of at least 4 members (excludes halogenated alkanes) is 3. The summed E-state index contributed by atoms with van der Waals surface area (Å²) in [6.45, 7) is 6.83. The van der Waals surface area contributed by atoms with Crippen LogP contribution in [0.2, 0.25) is 0 Å². The molecule has 0 saturated carbocycles. The van der Waals surface area contributed by atoms with E-state index in [0.29, 0.717) is 17.7 Å². The van der Waals surface area contributed by atoms with Gasteiger partial charge in [-0.05, 0) is 37.5 Å². The molecule has 0 unspecified atom stereocenters. The molecule has 0 aliphatic carbocycles. The van der Waals surface area contributed by atoms with Crippen LogP contribution in [0, 0.1) is 0 Å². The minimum Gasteiger partial charge on any atom is -0.497 e. The van der Waals surface area contributed by atoms with Crippen molar-refractivity contribution in [1.82, 2.24) is 0 Å². The van der Waals surface area contributed by atoms with E-state index in [1.807, 2.05) is 0 Å². The Kier molecular flexibility index (Phi) is 12.9. The molecule has 196 valence electrons. The van der Waals surface area contributed by atoms with Gasteiger partial charge in [0.2, 0.25) is 6.10 Å². The van der Waals surface area contributed by atoms with Crippen LogP contribution in [-0.2, 0) is 35.2 Å². The zero-order valence-corrected chi connectivity index (χ0v) is 20.3. The molecule has 0 N–H and O–H groups in total. The van der Waals surface area contributed by atoms with E-state index in [9.17, 15) is 27.6 Å². The first-order chi connectivity index (χ1) is 16.5. The molecule has 35 heavy (non-hydrogen) atoms. The third-order valence-electron chi connectivity index (χ3n) is 4.97. The Morgan fingerprint density at radius 2 is 1.66 bits per heavy atom. The van der Waals surface area contributed by atoms with E-state index in [2.05, 4.69) is 18.2 Å². The van der Waals surface area contributed by atoms with Crippen LogP contribution in [0.3, 0.4) is 0 Å². The maximum absolute atomic E-state index is 13.3. The van der Waals surface area contributed by atoms with E-state index in [-0.39, 0.29) is 6.61 Å². The molecule has 10 heteroatoms. The fourth-order valence-corrected chi connectivity index (χ4v) is 2.96. The molecule has 0 radical (unpaired) electrons. The predicted octanol–water partition coefficient (Wildman–Crippen LogP) is 5.45. The molecule has 1 aromatic rings. The molecule has 2 atom stereocenters. The topological polar surface area (TPSA) is 88.1 Å². The third-order valence-corrected chi connectivity index (χ3v) is 4.97. The molecule has 0 aliphatic heterocycles. The van der Waals surface area contributed by atoms with Gasteiger partial charge in [-0.3, -0.25) is 9.59 Å². The predicted molar refractivity (Wildman–Crippen MR) is 121 cm³/mol. The number of hydrogen-bond donors (Lipinski definition) is 0. The monoisotopic (exact) mass is 502 g/mol. The van der Waals surface area contributed by atoms with Crippen LogP contribution in [0.5, 0.6) is 5.75 Å². The molecule has 0 aliphatic rings. The highest BCUT2D eigenvalue weighted by Gasteiger charge is 2.45. The smallest absolute Gasteiger partial charge is 0.426 e. The van der Waals surface area contributed by atoms with Crippen LogP contribution < -0.4 is 4.74 Å². The average Bonchev–Trinajstić information content (AvgIpc) is 2.79. The number of benzene rings is 1. The van der Waals surface area contributed by atoms with Gasteiger partial charge in [0.25, 0.3) is 0 Å². The van der Waals surface area contributed by atoms with Gasteiger partial charge >= 0.3 is 24.1 Å². The van der Waals surface area contributed by atoms with Gasteiger partial charge in [-0.2, -0.15) is 13.2 Å². The SMILES string of the molecule is C=C(CC(=O)O[C@H](C)CCCCCC)C(=O)O[C@H](CC(=O)OCc1ccc(OC)cc1)C(F)(F)F. The van der Waals surface area contributed by atoms with Crippen molar-refractivity contribution in [1.29, 1.82) is 0 Å². The number of methoxy groups -OCH3 is 1. The van der Waals surface area contributed by atoms with Gasteiger partial charge in [0.05, 0.1) is 26.1 Å². The maximum Gasteiger partial charge on any atom is 0.426 e. The fourth-order valence-electron chi connectivity index (χ4n) is 2.96. The van der Waals surface area contributed by atoms with Gasteiger partial charge in [0.15, 0.2) is 0 Å². The number of carbonyl (C=O) groups excluding carboxylic acids is 3. The highest BCUT2D eigenvalue weighted by molar-refractivity contribution is 5.93. The van der Waals surface area contributed by atoms with Crippen molar-refractivity contribution in [2.24, 2.45) is 0 Å². The summed E-state index contributed by atoms with van der Waals surface area (Å²) < 4.78 is 59.5. The van der Waals surface area contributed by atoms with Crippen LogP contribution in [0.1, 0.15) is 64.4 Å². The van der Waals surface area contributed by atoms with E-state index in [1.54, 1.807) is 31.2 Å². The first-order valence-corrected chi connectivity index (χ1v) is 11.4. The number of hydrogen-bond acceptors (Lipinski definition) is 7. The van der Waals surface area contributed by atoms with Crippen molar-refractivity contribution in [2.45, 2.75) is 83.8 Å². The summed E-state index contributed by atoms with van der Waals surface area (Å²) in [6, 6.07) is 6.38. The molecule has 0 bridgehead atoms. The standard InChI is InChI=1S/C25H33F3O7/c1-5-6-7-8-9-18(3)34-23(30)14-17(2)24(31)35-21(25(26,27)28)15-22(29)33-16-19-10-12-20(32-4)13-11-19/h10-13,18,21H,2,5-9,14-16H2,1,3-4H3/t18-,21-/m1/s1. The number of ether oxygens (including phenoxy) is 4. The first-order valence-electron chi connectivity index (χ1n) is 11.4. The molecule has 1 aromatic carbocycles. The Balaban J connectivity index is 2.54. The van der Waals surface area contributed by atoms with Crippen molar-refractivity contribution in [3.8, 4) is 5.75 Å². The quantitative estimate of drug-likeness (QED) is 0.136. The molecule has 1 rings (SSSR count). The second kappa shape index (κ2) is 15.1. The normalized spacial score (nSPS) is 12.9. The number of alkyl halides is 3. The highest BCUT2D eigenvalue weighted by atomic mass is 19.4. The Morgan fingerprint density at radius 3 is 2.23 bits per heavy atom. The van der Waals surface area contributed by atoms with Crippen molar-refractivity contribution in [2.75, 3.05) is 7.11 Å². The lowest BCUT2D eigenvalue weighted by atomic mass is 10.1. The Morgan fingerprint density at radius 1 is 1.00 bits per heavy atom. The summed E-state index contributed by atoms with van der Waals surface area (Å²) in [5.41, 5.74) is 0.0280. The maximum atomic E-state index is 13.3. The molecule has 0 aromatic heterocycles. The summed E-state index contributed by atoms with van der Waals surface area (Å²) in [4.78, 5) is 36.0. The van der Waals surface area contributed by atoms with E-state index in [1.165, 1.54) is 7.11 Å². The van der Waals surface area contributed by atoms with Crippen LogP contribution in [-0.4, -0.2) is 43.4 Å². The summed E-state index contributed by atoms with van der Waals surface area (Å²) in [5.74, 6) is -2.88. The molecule has 0 heterocycles. The number of rotatable bonds is 15. The van der Waals surface area contributed by atoms with Crippen molar-refractivity contribution >= 4 is 17.9 Å². The van der Waals surface area contributed by atoms with Gasteiger partial charge in [-0.25, -0.2) is 4.79 Å². The van der Waals surface area contributed by atoms with E-state index in [4.69, 9.17) is 14.2 Å². The van der Waals surface area contributed by atoms with E-state index in [0.717, 1.165) is 25.7 Å². The van der Waals surface area contributed by atoms with Crippen LogP contribution in [0.15, 0.2) is 36.4 Å². The number of carbonyl (C=O) groups is 3. The number of halogens is 3. The summed E-state index contributed by atoms with van der Waals surface area (Å²) in [7, 11) is 1.47. The van der Waals surface area contributed by atoms with Gasteiger partial charge in [0.1, 0.15) is 12.4 Å². The van der Waals surface area contributed by atoms with Gasteiger partial charge < -0.3 is 18.9 Å². The molecular weight excluding hydrogens is 469 g/mol. The largest absolute Gasteiger partial charge is 0.497 e. The Labute approximate surface area is 203 Å². The minimum absolute atomic E-state index is 0.267. The second-order valence-electron chi connectivity index (χ2n) is 8.08. The molecule has 7 nitrogen and oxygen atoms in total. The Hall–Kier alpha value is -3.04. The van der Waals surface area contributed by atoms with Crippen LogP contribution in [0.25, 0.3) is 0 Å². The molecule has 0 fully saturated rings. The Bertz CT molecular complexity index is 834. The van der Waals surface area contributed by atoms with Crippen molar-refractivity contribution < 1.29 is 46.5 Å². The number of esters is 3. The molecule has 0 saturated heterocycles. The zero-order chi connectivity index (χ0) is 26.4. The lowest BCUT2D eigenvalue weighted by Crippen LogP contribution is -2.36. The van der Waals surface area contributed by atoms with Gasteiger partial charge in [-0.1, -0.05) is 44.9 Å². The lowest BCUT2D eigenvalue weighted by Gasteiger charge is -2.20. The highest BCUT2D eigenvalue weighted by Crippen LogP contribution is 2.27. The minimum atomic E-state index is -5.03.